The minimum Gasteiger partial charge on any atom is -0.322 e. The largest absolute Gasteiger partial charge is 0.322 e. The van der Waals surface area contributed by atoms with Crippen molar-refractivity contribution in [1.82, 2.24) is 9.88 Å². The Labute approximate surface area is 190 Å². The molecule has 0 aliphatic heterocycles. The first-order valence-corrected chi connectivity index (χ1v) is 11.8. The predicted octanol–water partition coefficient (Wildman–Crippen LogP) is 6.01. The Morgan fingerprint density at radius 3 is 2.56 bits per heavy atom. The van der Waals surface area contributed by atoms with Crippen LogP contribution < -0.4 is 5.56 Å². The zero-order chi connectivity index (χ0) is 23.0. The summed E-state index contributed by atoms with van der Waals surface area (Å²) in [5.74, 6) is 1.46. The topological polar surface area (TPSA) is 36.1 Å². The molecule has 1 aromatic heterocycles. The summed E-state index contributed by atoms with van der Waals surface area (Å²) in [4.78, 5) is 17.5. The molecule has 3 atom stereocenters. The molecule has 3 unspecified atom stereocenters. The number of aryl methyl sites for hydroxylation is 1. The van der Waals surface area contributed by atoms with Gasteiger partial charge < -0.3 is 9.88 Å². The van der Waals surface area contributed by atoms with E-state index in [2.05, 4.69) is 48.2 Å². The molecule has 170 valence electrons. The van der Waals surface area contributed by atoms with Gasteiger partial charge in [-0.2, -0.15) is 0 Å². The van der Waals surface area contributed by atoms with Gasteiger partial charge in [0.05, 0.1) is 0 Å². The molecule has 3 aromatic rings. The summed E-state index contributed by atoms with van der Waals surface area (Å²) in [5.41, 5.74) is 3.46. The third-order valence-corrected chi connectivity index (χ3v) is 6.97. The van der Waals surface area contributed by atoms with Crippen molar-refractivity contribution in [1.29, 1.82) is 0 Å². The first kappa shape index (κ1) is 22.7. The maximum atomic E-state index is 14.8. The van der Waals surface area contributed by atoms with Crippen LogP contribution in [0.15, 0.2) is 53.3 Å². The Morgan fingerprint density at radius 2 is 1.88 bits per heavy atom. The summed E-state index contributed by atoms with van der Waals surface area (Å²) in [5, 5.41) is 1.07. The van der Waals surface area contributed by atoms with Crippen molar-refractivity contribution >= 4 is 10.9 Å². The zero-order valence-corrected chi connectivity index (χ0v) is 19.9. The molecule has 3 nitrogen and oxygen atoms in total. The highest BCUT2D eigenvalue weighted by atomic mass is 19.1. The summed E-state index contributed by atoms with van der Waals surface area (Å²) >= 11 is 0. The number of alkyl halides is 1. The van der Waals surface area contributed by atoms with E-state index in [1.54, 1.807) is 13.8 Å². The lowest BCUT2D eigenvalue weighted by molar-refractivity contribution is 0.221. The van der Waals surface area contributed by atoms with Crippen molar-refractivity contribution in [2.75, 3.05) is 20.6 Å². The molecule has 0 amide bonds. The number of halogens is 1. The molecule has 1 heterocycles. The smallest absolute Gasteiger partial charge is 0.251 e. The second-order valence-corrected chi connectivity index (χ2v) is 10.2. The second-order valence-electron chi connectivity index (χ2n) is 10.2. The molecule has 1 aliphatic carbocycles. The molecule has 2 aromatic carbocycles. The van der Waals surface area contributed by atoms with Gasteiger partial charge in [0.1, 0.15) is 5.67 Å². The number of H-pyrrole nitrogens is 1. The molecule has 32 heavy (non-hydrogen) atoms. The number of benzene rings is 2. The van der Waals surface area contributed by atoms with E-state index in [0.29, 0.717) is 18.3 Å². The Morgan fingerprint density at radius 1 is 1.12 bits per heavy atom. The molecule has 1 saturated carbocycles. The number of nitrogens with one attached hydrogen (secondary N) is 1. The van der Waals surface area contributed by atoms with Gasteiger partial charge in [-0.3, -0.25) is 4.79 Å². The van der Waals surface area contributed by atoms with Crippen LogP contribution in [0.3, 0.4) is 0 Å². The minimum absolute atomic E-state index is 0.00637. The lowest BCUT2D eigenvalue weighted by Gasteiger charge is -2.22. The van der Waals surface area contributed by atoms with E-state index < -0.39 is 5.67 Å². The summed E-state index contributed by atoms with van der Waals surface area (Å²) in [7, 11) is 4.24. The van der Waals surface area contributed by atoms with E-state index in [0.717, 1.165) is 28.6 Å². The number of pyridine rings is 1. The standard InChI is InChI=1S/C28H35FN2O/c1-6-18-14-22-15-21(10-11-25(22)30-27(18)32)26(24-17-19(24)12-13-31(4)5)20-8-7-9-23(16-20)28(2,3)29/h7-11,14-16,19,24,26H,6,12-13,17H2,1-5H3,(H,30,32). The summed E-state index contributed by atoms with van der Waals surface area (Å²) in [6, 6.07) is 16.5. The van der Waals surface area contributed by atoms with Crippen molar-refractivity contribution in [3.05, 3.63) is 81.1 Å². The summed E-state index contributed by atoms with van der Waals surface area (Å²) in [6.45, 7) is 6.34. The Bertz CT molecular complexity index is 1160. The molecule has 1 aliphatic rings. The highest BCUT2D eigenvalue weighted by Gasteiger charge is 2.43. The summed E-state index contributed by atoms with van der Waals surface area (Å²) in [6.07, 6.45) is 3.09. The van der Waals surface area contributed by atoms with Gasteiger partial charge in [0, 0.05) is 17.0 Å². The monoisotopic (exact) mass is 434 g/mol. The molecular weight excluding hydrogens is 399 g/mol. The maximum absolute atomic E-state index is 14.8. The van der Waals surface area contributed by atoms with E-state index in [1.807, 2.05) is 31.2 Å². The molecule has 4 rings (SSSR count). The van der Waals surface area contributed by atoms with Crippen LogP contribution in [-0.2, 0) is 12.1 Å². The third-order valence-electron chi connectivity index (χ3n) is 6.97. The Kier molecular flexibility index (Phi) is 6.26. The molecule has 0 radical (unpaired) electrons. The van der Waals surface area contributed by atoms with Crippen molar-refractivity contribution in [2.45, 2.75) is 51.6 Å². The fourth-order valence-electron chi connectivity index (χ4n) is 4.95. The number of hydrogen-bond acceptors (Lipinski definition) is 2. The Balaban J connectivity index is 1.76. The Hall–Kier alpha value is -2.46. The number of nitrogens with zero attached hydrogens (tertiary/aromatic N) is 1. The second kappa shape index (κ2) is 8.82. The maximum Gasteiger partial charge on any atom is 0.251 e. The van der Waals surface area contributed by atoms with Crippen molar-refractivity contribution in [2.24, 2.45) is 11.8 Å². The number of aromatic amines is 1. The third kappa shape index (κ3) is 4.80. The molecule has 1 fully saturated rings. The van der Waals surface area contributed by atoms with Gasteiger partial charge in [0.15, 0.2) is 0 Å². The van der Waals surface area contributed by atoms with Crippen molar-refractivity contribution < 1.29 is 4.39 Å². The molecular formula is C28H35FN2O. The summed E-state index contributed by atoms with van der Waals surface area (Å²) < 4.78 is 14.8. The lowest BCUT2D eigenvalue weighted by atomic mass is 9.83. The van der Waals surface area contributed by atoms with E-state index in [1.165, 1.54) is 24.0 Å². The average Bonchev–Trinajstić information content (AvgIpc) is 3.51. The van der Waals surface area contributed by atoms with E-state index in [9.17, 15) is 9.18 Å². The lowest BCUT2D eigenvalue weighted by Crippen LogP contribution is -2.15. The molecule has 0 spiro atoms. The first-order valence-electron chi connectivity index (χ1n) is 11.8. The highest BCUT2D eigenvalue weighted by molar-refractivity contribution is 5.80. The first-order chi connectivity index (χ1) is 15.2. The van der Waals surface area contributed by atoms with Gasteiger partial charge in [-0.05, 0) is 106 Å². The SMILES string of the molecule is CCc1cc2cc(C(c3cccc(C(C)(C)F)c3)C3CC3CCN(C)C)ccc2[nH]c1=O. The van der Waals surface area contributed by atoms with Gasteiger partial charge in [-0.15, -0.1) is 0 Å². The van der Waals surface area contributed by atoms with Crippen LogP contribution >= 0.6 is 0 Å². The molecule has 4 heteroatoms. The highest BCUT2D eigenvalue weighted by Crippen LogP contribution is 2.53. The number of rotatable bonds is 8. The predicted molar refractivity (Wildman–Crippen MR) is 131 cm³/mol. The van der Waals surface area contributed by atoms with Crippen molar-refractivity contribution in [3.63, 3.8) is 0 Å². The minimum atomic E-state index is -1.37. The fourth-order valence-corrected chi connectivity index (χ4v) is 4.95. The van der Waals surface area contributed by atoms with Crippen LogP contribution in [-0.4, -0.2) is 30.5 Å². The molecule has 0 bridgehead atoms. The zero-order valence-electron chi connectivity index (χ0n) is 19.9. The number of aromatic nitrogens is 1. The molecule has 0 saturated heterocycles. The van der Waals surface area contributed by atoms with Crippen molar-refractivity contribution in [3.8, 4) is 0 Å². The van der Waals surface area contributed by atoms with Gasteiger partial charge in [0.25, 0.3) is 5.56 Å². The average molecular weight is 435 g/mol. The fraction of sp³-hybridized carbons (Fsp3) is 0.464. The molecule has 1 N–H and O–H groups in total. The quantitative estimate of drug-likeness (QED) is 0.471. The van der Waals surface area contributed by atoms with Crippen LogP contribution in [0.5, 0.6) is 0 Å². The van der Waals surface area contributed by atoms with Crippen LogP contribution in [0.1, 0.15) is 61.8 Å². The van der Waals surface area contributed by atoms with Gasteiger partial charge in [-0.25, -0.2) is 4.39 Å². The van der Waals surface area contributed by atoms with Gasteiger partial charge in [-0.1, -0.05) is 37.3 Å². The number of fused-ring (bicyclic) bond motifs is 1. The van der Waals surface area contributed by atoms with Gasteiger partial charge in [0.2, 0.25) is 0 Å². The van der Waals surface area contributed by atoms with Gasteiger partial charge >= 0.3 is 0 Å². The van der Waals surface area contributed by atoms with E-state index in [4.69, 9.17) is 0 Å². The number of hydrogen-bond donors (Lipinski definition) is 1. The van der Waals surface area contributed by atoms with Crippen LogP contribution in [0, 0.1) is 11.8 Å². The normalized spacial score (nSPS) is 19.5. The van der Waals surface area contributed by atoms with E-state index in [-0.39, 0.29) is 11.5 Å². The van der Waals surface area contributed by atoms with Crippen LogP contribution in [0.2, 0.25) is 0 Å². The van der Waals surface area contributed by atoms with Crippen LogP contribution in [0.4, 0.5) is 4.39 Å². The van der Waals surface area contributed by atoms with E-state index >= 15 is 0 Å². The van der Waals surface area contributed by atoms with Crippen LogP contribution in [0.25, 0.3) is 10.9 Å².